The molecule has 0 saturated heterocycles. The molecule has 2 aliphatic rings. The van der Waals surface area contributed by atoms with E-state index in [0.29, 0.717) is 0 Å². The first-order valence-electron chi connectivity index (χ1n) is 2.90. The molecule has 0 fully saturated rings. The van der Waals surface area contributed by atoms with Gasteiger partial charge in [-0.15, -0.1) is 0 Å². The van der Waals surface area contributed by atoms with Gasteiger partial charge in [-0.2, -0.15) is 0 Å². The van der Waals surface area contributed by atoms with Gasteiger partial charge in [0.05, 0.1) is 0 Å². The third-order valence-electron chi connectivity index (χ3n) is 1.27. The molecule has 2 heterocycles. The molecule has 3 nitrogen and oxygen atoms in total. The van der Waals surface area contributed by atoms with Gasteiger partial charge in [-0.25, -0.2) is 0 Å². The van der Waals surface area contributed by atoms with Crippen molar-refractivity contribution in [3.63, 3.8) is 0 Å². The van der Waals surface area contributed by atoms with Gasteiger partial charge in [0.25, 0.3) is 0 Å². The van der Waals surface area contributed by atoms with Crippen LogP contribution in [0.5, 0.6) is 0 Å². The number of hydrazine groups is 1. The fourth-order valence-corrected chi connectivity index (χ4v) is 2.43. The normalized spacial score (nSPS) is 22.2. The monoisotopic (exact) mass is 196 g/mol. The van der Waals surface area contributed by atoms with E-state index in [-0.39, 0.29) is 20.0 Å². The maximum atomic E-state index is 10.8. The molecule has 4 heteroatoms. The second kappa shape index (κ2) is 2.10. The molecule has 0 spiro atoms. The van der Waals surface area contributed by atoms with Crippen LogP contribution in [-0.4, -0.2) is 29.4 Å². The van der Waals surface area contributed by atoms with E-state index < -0.39 is 0 Å². The summed E-state index contributed by atoms with van der Waals surface area (Å²) in [7, 11) is 0. The first kappa shape index (κ1) is 5.93. The molecule has 50 valence electrons. The van der Waals surface area contributed by atoms with E-state index in [2.05, 4.69) is 5.43 Å². The fourth-order valence-electron chi connectivity index (χ4n) is 0.852. The molecular formula is C6H5AsN2O. The molecule has 2 aliphatic heterocycles. The van der Waals surface area contributed by atoms with Crippen LogP contribution in [0.4, 0.5) is 4.79 Å². The van der Waals surface area contributed by atoms with E-state index in [1.165, 1.54) is 0 Å². The third kappa shape index (κ3) is 0.829. The Kier molecular flexibility index (Phi) is 1.24. The molecule has 0 aromatic rings. The molecular weight excluding hydrogens is 191 g/mol. The number of hydrogen-bond donors (Lipinski definition) is 1. The molecule has 0 saturated carbocycles. The number of carbonyl (C=O) groups excluding carboxylic acids is 1. The second-order valence-corrected chi connectivity index (χ2v) is 4.24. The third-order valence-corrected chi connectivity index (χ3v) is 3.15. The SMILES string of the molecule is O=C1NN2C=CC=CC2=[As]1. The average molecular weight is 196 g/mol. The summed E-state index contributed by atoms with van der Waals surface area (Å²) in [5.41, 5.74) is 2.72. The number of nitrogens with zero attached hydrogens (tertiary/aromatic N) is 1. The van der Waals surface area contributed by atoms with Crippen LogP contribution >= 0.6 is 0 Å². The predicted molar refractivity (Wildman–Crippen MR) is 39.4 cm³/mol. The molecule has 10 heavy (non-hydrogen) atoms. The summed E-state index contributed by atoms with van der Waals surface area (Å²) in [5.74, 6) is 0. The van der Waals surface area contributed by atoms with Crippen molar-refractivity contribution in [3.05, 3.63) is 24.4 Å². The Morgan fingerprint density at radius 2 is 2.40 bits per heavy atom. The number of allylic oxidation sites excluding steroid dienone is 2. The number of carbonyl (C=O) groups is 1. The van der Waals surface area contributed by atoms with Gasteiger partial charge in [0, 0.05) is 0 Å². The van der Waals surface area contributed by atoms with Crippen LogP contribution in [0.2, 0.25) is 0 Å². The van der Waals surface area contributed by atoms with Crippen molar-refractivity contribution < 1.29 is 4.79 Å². The van der Waals surface area contributed by atoms with Gasteiger partial charge in [-0.05, 0) is 0 Å². The van der Waals surface area contributed by atoms with Crippen molar-refractivity contribution in [2.75, 3.05) is 0 Å². The Morgan fingerprint density at radius 3 is 3.20 bits per heavy atom. The zero-order chi connectivity index (χ0) is 6.97. The first-order valence-corrected chi connectivity index (χ1v) is 4.77. The Hall–Kier alpha value is -0.822. The summed E-state index contributed by atoms with van der Waals surface area (Å²) in [4.78, 5) is 10.8. The Labute approximate surface area is 64.6 Å². The number of amides is 1. The van der Waals surface area contributed by atoms with Crippen LogP contribution in [0, 0.1) is 0 Å². The summed E-state index contributed by atoms with van der Waals surface area (Å²) in [6.45, 7) is 0. The molecule has 0 atom stereocenters. The van der Waals surface area contributed by atoms with E-state index >= 15 is 0 Å². The Balaban J connectivity index is 2.37. The quantitative estimate of drug-likeness (QED) is 0.546. The summed E-state index contributed by atoms with van der Waals surface area (Å²) in [6.07, 6.45) is 7.67. The van der Waals surface area contributed by atoms with Crippen LogP contribution in [0.3, 0.4) is 0 Å². The number of hydrogen-bond acceptors (Lipinski definition) is 2. The van der Waals surface area contributed by atoms with Crippen LogP contribution in [-0.2, 0) is 0 Å². The zero-order valence-electron chi connectivity index (χ0n) is 5.11. The summed E-state index contributed by atoms with van der Waals surface area (Å²) in [6, 6.07) is 0. The summed E-state index contributed by atoms with van der Waals surface area (Å²) in [5, 5.41) is 1.78. The number of nitrogens with one attached hydrogen (secondary N) is 1. The molecule has 0 unspecified atom stereocenters. The van der Waals surface area contributed by atoms with Gasteiger partial charge in [0.1, 0.15) is 0 Å². The van der Waals surface area contributed by atoms with Gasteiger partial charge in [0.15, 0.2) is 0 Å². The predicted octanol–water partition coefficient (Wildman–Crippen LogP) is -0.156. The molecule has 2 rings (SSSR count). The summed E-state index contributed by atoms with van der Waals surface area (Å²) < 4.78 is 1.27. The molecule has 0 aliphatic carbocycles. The molecule has 0 bridgehead atoms. The molecule has 0 aromatic heterocycles. The van der Waals surface area contributed by atoms with Crippen LogP contribution in [0.1, 0.15) is 0 Å². The van der Waals surface area contributed by atoms with Crippen molar-refractivity contribution in [2.45, 2.75) is 0 Å². The van der Waals surface area contributed by atoms with E-state index in [1.54, 1.807) is 5.01 Å². The molecule has 0 radical (unpaired) electrons. The Morgan fingerprint density at radius 1 is 1.50 bits per heavy atom. The Bertz CT molecular complexity index is 267. The topological polar surface area (TPSA) is 32.3 Å². The van der Waals surface area contributed by atoms with Crippen molar-refractivity contribution in [2.24, 2.45) is 0 Å². The number of fused-ring (bicyclic) bond motifs is 1. The van der Waals surface area contributed by atoms with Gasteiger partial charge in [-0.3, -0.25) is 0 Å². The fraction of sp³-hybridized carbons (Fsp3) is 0. The van der Waals surface area contributed by atoms with Crippen molar-refractivity contribution >= 4 is 24.4 Å². The van der Waals surface area contributed by atoms with Crippen molar-refractivity contribution in [1.29, 1.82) is 0 Å². The van der Waals surface area contributed by atoms with Gasteiger partial charge in [0.2, 0.25) is 0 Å². The second-order valence-electron chi connectivity index (χ2n) is 1.96. The van der Waals surface area contributed by atoms with E-state index in [0.717, 1.165) is 4.43 Å². The average Bonchev–Trinajstić information content (AvgIpc) is 2.27. The van der Waals surface area contributed by atoms with Gasteiger partial charge in [-0.1, -0.05) is 0 Å². The van der Waals surface area contributed by atoms with E-state index in [9.17, 15) is 4.79 Å². The van der Waals surface area contributed by atoms with Crippen molar-refractivity contribution in [3.8, 4) is 0 Å². The standard InChI is InChI=1S/C6H5AsN2O/c10-6-7-5-3-1-2-4-9(5)8-6/h1-4H,(H,8,10). The zero-order valence-corrected chi connectivity index (χ0v) is 6.99. The molecule has 0 aromatic carbocycles. The van der Waals surface area contributed by atoms with E-state index in [1.807, 2.05) is 24.4 Å². The first-order chi connectivity index (χ1) is 4.86. The number of rotatable bonds is 0. The molecule has 1 N–H and O–H groups in total. The molecule has 1 amide bonds. The van der Waals surface area contributed by atoms with E-state index in [4.69, 9.17) is 0 Å². The maximum absolute atomic E-state index is 10.8. The minimum absolute atomic E-state index is 0.155. The van der Waals surface area contributed by atoms with Crippen LogP contribution in [0.25, 0.3) is 0 Å². The minimum atomic E-state index is -0.290. The van der Waals surface area contributed by atoms with Crippen molar-refractivity contribution in [1.82, 2.24) is 10.4 Å². The van der Waals surface area contributed by atoms with Gasteiger partial charge >= 0.3 is 64.1 Å². The van der Waals surface area contributed by atoms with Gasteiger partial charge < -0.3 is 0 Å². The summed E-state index contributed by atoms with van der Waals surface area (Å²) >= 11 is -0.290. The van der Waals surface area contributed by atoms with Crippen LogP contribution in [0.15, 0.2) is 24.4 Å². The van der Waals surface area contributed by atoms with Crippen LogP contribution < -0.4 is 5.43 Å².